The minimum absolute atomic E-state index is 0.495. The standard InChI is InChI=1S/C11H24S4/c1-2-9(13)3-4-10(14)5-6-11(15)7-8-12/h9-15H,2-8H2,1H3. The fourth-order valence-corrected chi connectivity index (χ4v) is 2.65. The topological polar surface area (TPSA) is 0 Å². The van der Waals surface area contributed by atoms with Crippen LogP contribution in [0.5, 0.6) is 0 Å². The first-order valence-corrected chi connectivity index (χ1v) is 7.93. The monoisotopic (exact) mass is 284 g/mol. The van der Waals surface area contributed by atoms with Crippen LogP contribution in [0.3, 0.4) is 0 Å². The Morgan fingerprint density at radius 1 is 0.733 bits per heavy atom. The van der Waals surface area contributed by atoms with Crippen LogP contribution in [-0.4, -0.2) is 21.5 Å². The molecule has 0 saturated carbocycles. The van der Waals surface area contributed by atoms with E-state index in [9.17, 15) is 0 Å². The predicted octanol–water partition coefficient (Wildman–Crippen LogP) is 4.17. The lowest BCUT2D eigenvalue weighted by Crippen LogP contribution is -2.08. The van der Waals surface area contributed by atoms with Gasteiger partial charge in [0.2, 0.25) is 0 Å². The van der Waals surface area contributed by atoms with Gasteiger partial charge in [-0.1, -0.05) is 6.92 Å². The Bertz CT molecular complexity index is 141. The van der Waals surface area contributed by atoms with Gasteiger partial charge >= 0.3 is 0 Å². The first-order chi connectivity index (χ1) is 7.10. The second-order valence-electron chi connectivity index (χ2n) is 4.04. The average molecular weight is 285 g/mol. The average Bonchev–Trinajstić information content (AvgIpc) is 2.23. The molecule has 0 nitrogen and oxygen atoms in total. The summed E-state index contributed by atoms with van der Waals surface area (Å²) in [6.45, 7) is 2.18. The van der Waals surface area contributed by atoms with E-state index in [0.717, 1.165) is 31.4 Å². The molecule has 4 heteroatoms. The molecule has 0 aliphatic carbocycles. The molecule has 0 rings (SSSR count). The lowest BCUT2D eigenvalue weighted by molar-refractivity contribution is 0.601. The van der Waals surface area contributed by atoms with E-state index in [0.29, 0.717) is 15.7 Å². The van der Waals surface area contributed by atoms with E-state index in [1.165, 1.54) is 12.8 Å². The van der Waals surface area contributed by atoms with Crippen molar-refractivity contribution in [1.82, 2.24) is 0 Å². The summed E-state index contributed by atoms with van der Waals surface area (Å²) in [7, 11) is 0. The minimum Gasteiger partial charge on any atom is -0.179 e. The fourth-order valence-electron chi connectivity index (χ4n) is 1.41. The van der Waals surface area contributed by atoms with Crippen LogP contribution in [0.2, 0.25) is 0 Å². The van der Waals surface area contributed by atoms with Gasteiger partial charge in [-0.05, 0) is 44.3 Å². The van der Waals surface area contributed by atoms with Crippen molar-refractivity contribution in [3.8, 4) is 0 Å². The van der Waals surface area contributed by atoms with E-state index >= 15 is 0 Å². The number of rotatable bonds is 9. The SMILES string of the molecule is CCC(S)CCC(S)CCC(S)CCS. The molecule has 0 aliphatic heterocycles. The normalized spacial score (nSPS) is 17.4. The summed E-state index contributed by atoms with van der Waals surface area (Å²) in [5.74, 6) is 0.931. The maximum atomic E-state index is 4.60. The molecule has 0 aromatic heterocycles. The zero-order valence-corrected chi connectivity index (χ0v) is 13.0. The van der Waals surface area contributed by atoms with E-state index < -0.39 is 0 Å². The van der Waals surface area contributed by atoms with Gasteiger partial charge in [0.15, 0.2) is 0 Å². The van der Waals surface area contributed by atoms with Gasteiger partial charge in [0.25, 0.3) is 0 Å². The van der Waals surface area contributed by atoms with Crippen molar-refractivity contribution in [2.24, 2.45) is 0 Å². The van der Waals surface area contributed by atoms with Crippen LogP contribution in [0.15, 0.2) is 0 Å². The van der Waals surface area contributed by atoms with Crippen molar-refractivity contribution < 1.29 is 0 Å². The lowest BCUT2D eigenvalue weighted by Gasteiger charge is -2.15. The summed E-state index contributed by atoms with van der Waals surface area (Å²) in [5, 5.41) is 1.56. The van der Waals surface area contributed by atoms with Crippen molar-refractivity contribution >= 4 is 50.5 Å². The van der Waals surface area contributed by atoms with Gasteiger partial charge in [-0.25, -0.2) is 0 Å². The lowest BCUT2D eigenvalue weighted by atomic mass is 10.1. The Morgan fingerprint density at radius 3 is 1.53 bits per heavy atom. The largest absolute Gasteiger partial charge is 0.179 e. The highest BCUT2D eigenvalue weighted by Gasteiger charge is 2.09. The summed E-state index contributed by atoms with van der Waals surface area (Å²) in [6.07, 6.45) is 6.91. The van der Waals surface area contributed by atoms with Gasteiger partial charge in [-0.2, -0.15) is 50.5 Å². The quantitative estimate of drug-likeness (QED) is 0.449. The number of thiol groups is 4. The Labute approximate surface area is 117 Å². The van der Waals surface area contributed by atoms with Gasteiger partial charge in [-0.15, -0.1) is 0 Å². The molecular formula is C11H24S4. The second-order valence-corrected chi connectivity index (χ2v) is 6.67. The Morgan fingerprint density at radius 2 is 1.13 bits per heavy atom. The highest BCUT2D eigenvalue weighted by atomic mass is 32.1. The predicted molar refractivity (Wildman–Crippen MR) is 85.6 cm³/mol. The molecule has 3 unspecified atom stereocenters. The molecule has 92 valence electrons. The Hall–Kier alpha value is 1.40. The molecule has 0 fully saturated rings. The Balaban J connectivity index is 3.44. The molecule has 15 heavy (non-hydrogen) atoms. The molecule has 0 aliphatic rings. The molecule has 3 atom stereocenters. The van der Waals surface area contributed by atoms with Crippen molar-refractivity contribution in [2.75, 3.05) is 5.75 Å². The third-order valence-corrected chi connectivity index (χ3v) is 4.51. The van der Waals surface area contributed by atoms with Crippen LogP contribution in [-0.2, 0) is 0 Å². The van der Waals surface area contributed by atoms with Crippen LogP contribution in [0.1, 0.15) is 45.4 Å². The van der Waals surface area contributed by atoms with E-state index in [2.05, 4.69) is 57.4 Å². The second kappa shape index (κ2) is 10.5. The van der Waals surface area contributed by atoms with E-state index in [-0.39, 0.29) is 0 Å². The summed E-state index contributed by atoms with van der Waals surface area (Å²) in [5.41, 5.74) is 0. The molecule has 0 aromatic carbocycles. The summed E-state index contributed by atoms with van der Waals surface area (Å²) in [4.78, 5) is 0. The zero-order valence-electron chi connectivity index (χ0n) is 9.47. The van der Waals surface area contributed by atoms with Gasteiger partial charge in [0.1, 0.15) is 0 Å². The van der Waals surface area contributed by atoms with Crippen LogP contribution in [0, 0.1) is 0 Å². The molecule has 0 heterocycles. The summed E-state index contributed by atoms with van der Waals surface area (Å²) in [6, 6.07) is 0. The fraction of sp³-hybridized carbons (Fsp3) is 1.00. The zero-order chi connectivity index (χ0) is 11.7. The summed E-state index contributed by atoms with van der Waals surface area (Å²) < 4.78 is 0. The third kappa shape index (κ3) is 10.3. The molecule has 0 bridgehead atoms. The van der Waals surface area contributed by atoms with Crippen LogP contribution < -0.4 is 0 Å². The molecule has 0 aromatic rings. The Kier molecular flexibility index (Phi) is 11.5. The summed E-state index contributed by atoms with van der Waals surface area (Å²) >= 11 is 17.8. The van der Waals surface area contributed by atoms with Crippen LogP contribution >= 0.6 is 50.5 Å². The molecule has 0 saturated heterocycles. The highest BCUT2D eigenvalue weighted by molar-refractivity contribution is 7.81. The van der Waals surface area contributed by atoms with Gasteiger partial charge in [0, 0.05) is 15.7 Å². The van der Waals surface area contributed by atoms with Crippen molar-refractivity contribution in [2.45, 2.75) is 61.2 Å². The van der Waals surface area contributed by atoms with Gasteiger partial charge in [0.05, 0.1) is 0 Å². The first kappa shape index (κ1) is 16.4. The number of hydrogen-bond acceptors (Lipinski definition) is 4. The first-order valence-electron chi connectivity index (χ1n) is 5.75. The van der Waals surface area contributed by atoms with Crippen LogP contribution in [0.25, 0.3) is 0 Å². The highest BCUT2D eigenvalue weighted by Crippen LogP contribution is 2.20. The smallest absolute Gasteiger partial charge is 0.00249 e. The van der Waals surface area contributed by atoms with E-state index in [1.807, 2.05) is 0 Å². The van der Waals surface area contributed by atoms with E-state index in [1.54, 1.807) is 0 Å². The van der Waals surface area contributed by atoms with Gasteiger partial charge < -0.3 is 0 Å². The van der Waals surface area contributed by atoms with Gasteiger partial charge in [-0.3, -0.25) is 0 Å². The maximum absolute atomic E-state index is 4.60. The van der Waals surface area contributed by atoms with Crippen molar-refractivity contribution in [3.05, 3.63) is 0 Å². The molecule has 0 amide bonds. The molecular weight excluding hydrogens is 260 g/mol. The number of hydrogen-bond donors (Lipinski definition) is 4. The third-order valence-electron chi connectivity index (χ3n) is 2.60. The van der Waals surface area contributed by atoms with Crippen LogP contribution in [0.4, 0.5) is 0 Å². The molecule has 0 N–H and O–H groups in total. The van der Waals surface area contributed by atoms with Crippen molar-refractivity contribution in [1.29, 1.82) is 0 Å². The van der Waals surface area contributed by atoms with E-state index in [4.69, 9.17) is 0 Å². The van der Waals surface area contributed by atoms with Crippen molar-refractivity contribution in [3.63, 3.8) is 0 Å². The maximum Gasteiger partial charge on any atom is 0.00249 e. The minimum atomic E-state index is 0.495. The molecule has 0 radical (unpaired) electrons. The molecule has 0 spiro atoms.